The highest BCUT2D eigenvalue weighted by Gasteiger charge is 2.06. The van der Waals surface area contributed by atoms with E-state index in [1.807, 2.05) is 19.1 Å². The predicted molar refractivity (Wildman–Crippen MR) is 67.4 cm³/mol. The highest BCUT2D eigenvalue weighted by atomic mass is 16.1. The average molecular weight is 220 g/mol. The average Bonchev–Trinajstić information content (AvgIpc) is 2.15. The Labute approximate surface area is 97.0 Å². The van der Waals surface area contributed by atoms with Gasteiger partial charge >= 0.3 is 0 Å². The Morgan fingerprint density at radius 1 is 1.38 bits per heavy atom. The Hall–Kier alpha value is -1.51. The lowest BCUT2D eigenvalue weighted by molar-refractivity contribution is 0.0952. The maximum Gasteiger partial charge on any atom is 0.251 e. The monoisotopic (exact) mass is 220 g/mol. The van der Waals surface area contributed by atoms with E-state index in [1.54, 1.807) is 6.07 Å². The molecular weight excluding hydrogens is 200 g/mol. The van der Waals surface area contributed by atoms with Crippen molar-refractivity contribution in [3.63, 3.8) is 0 Å². The van der Waals surface area contributed by atoms with Crippen LogP contribution in [-0.2, 0) is 0 Å². The van der Waals surface area contributed by atoms with Crippen molar-refractivity contribution in [1.82, 2.24) is 5.32 Å². The van der Waals surface area contributed by atoms with Crippen LogP contribution in [0.25, 0.3) is 0 Å². The van der Waals surface area contributed by atoms with Gasteiger partial charge in [-0.3, -0.25) is 4.79 Å². The van der Waals surface area contributed by atoms with E-state index in [0.29, 0.717) is 23.7 Å². The number of amides is 1. The van der Waals surface area contributed by atoms with Crippen LogP contribution < -0.4 is 11.1 Å². The van der Waals surface area contributed by atoms with Gasteiger partial charge in [-0.05, 0) is 43.0 Å². The third-order valence-corrected chi connectivity index (χ3v) is 2.37. The fourth-order valence-corrected chi connectivity index (χ4v) is 1.52. The van der Waals surface area contributed by atoms with Crippen LogP contribution in [0.15, 0.2) is 18.2 Å². The number of anilines is 1. The molecule has 3 nitrogen and oxygen atoms in total. The van der Waals surface area contributed by atoms with Crippen LogP contribution in [0.4, 0.5) is 5.69 Å². The minimum absolute atomic E-state index is 0.0453. The molecule has 1 rings (SSSR count). The van der Waals surface area contributed by atoms with Gasteiger partial charge in [-0.2, -0.15) is 0 Å². The van der Waals surface area contributed by atoms with E-state index in [1.165, 1.54) is 0 Å². The summed E-state index contributed by atoms with van der Waals surface area (Å²) in [5, 5.41) is 2.89. The molecule has 0 aliphatic rings. The number of carbonyl (C=O) groups is 1. The number of hydrogen-bond donors (Lipinski definition) is 2. The van der Waals surface area contributed by atoms with Crippen molar-refractivity contribution < 1.29 is 4.79 Å². The maximum absolute atomic E-state index is 11.8. The van der Waals surface area contributed by atoms with E-state index in [-0.39, 0.29) is 5.91 Å². The highest BCUT2D eigenvalue weighted by Crippen LogP contribution is 2.11. The molecule has 0 atom stereocenters. The number of rotatable bonds is 4. The summed E-state index contributed by atoms with van der Waals surface area (Å²) in [7, 11) is 0. The minimum Gasteiger partial charge on any atom is -0.399 e. The zero-order valence-electron chi connectivity index (χ0n) is 10.2. The van der Waals surface area contributed by atoms with Crippen LogP contribution in [0.5, 0.6) is 0 Å². The van der Waals surface area contributed by atoms with Crippen LogP contribution in [-0.4, -0.2) is 12.5 Å². The van der Waals surface area contributed by atoms with Crippen molar-refractivity contribution in [2.45, 2.75) is 27.2 Å². The summed E-state index contributed by atoms with van der Waals surface area (Å²) < 4.78 is 0. The minimum atomic E-state index is -0.0453. The molecule has 1 aromatic carbocycles. The summed E-state index contributed by atoms with van der Waals surface area (Å²) in [5.41, 5.74) is 7.98. The van der Waals surface area contributed by atoms with Crippen LogP contribution in [0.3, 0.4) is 0 Å². The van der Waals surface area contributed by atoms with E-state index < -0.39 is 0 Å². The largest absolute Gasteiger partial charge is 0.399 e. The van der Waals surface area contributed by atoms with Crippen LogP contribution in [0, 0.1) is 12.8 Å². The molecule has 3 N–H and O–H groups in total. The van der Waals surface area contributed by atoms with Gasteiger partial charge in [0.1, 0.15) is 0 Å². The smallest absolute Gasteiger partial charge is 0.251 e. The van der Waals surface area contributed by atoms with E-state index in [0.717, 1.165) is 12.0 Å². The number of carbonyl (C=O) groups excluding carboxylic acids is 1. The van der Waals surface area contributed by atoms with Gasteiger partial charge in [0.15, 0.2) is 0 Å². The summed E-state index contributed by atoms with van der Waals surface area (Å²) >= 11 is 0. The topological polar surface area (TPSA) is 55.1 Å². The number of aryl methyl sites for hydroxylation is 1. The Bertz CT molecular complexity index is 352. The summed E-state index contributed by atoms with van der Waals surface area (Å²) in [5.74, 6) is 0.555. The second kappa shape index (κ2) is 5.54. The fraction of sp³-hybridized carbons (Fsp3) is 0.462. The third kappa shape index (κ3) is 3.93. The summed E-state index contributed by atoms with van der Waals surface area (Å²) in [6, 6.07) is 5.41. The van der Waals surface area contributed by atoms with Crippen molar-refractivity contribution in [2.24, 2.45) is 5.92 Å². The molecule has 0 spiro atoms. The first kappa shape index (κ1) is 12.6. The number of nitrogens with one attached hydrogen (secondary N) is 1. The van der Waals surface area contributed by atoms with Crippen molar-refractivity contribution in [3.05, 3.63) is 29.3 Å². The molecular formula is C13H20N2O. The van der Waals surface area contributed by atoms with Crippen molar-refractivity contribution >= 4 is 11.6 Å². The second-order valence-electron chi connectivity index (χ2n) is 4.57. The van der Waals surface area contributed by atoms with Gasteiger partial charge in [0.2, 0.25) is 0 Å². The Balaban J connectivity index is 2.59. The van der Waals surface area contributed by atoms with Crippen LogP contribution in [0.1, 0.15) is 36.2 Å². The van der Waals surface area contributed by atoms with Gasteiger partial charge in [-0.1, -0.05) is 13.8 Å². The molecule has 88 valence electrons. The van der Waals surface area contributed by atoms with Gasteiger partial charge < -0.3 is 11.1 Å². The zero-order valence-corrected chi connectivity index (χ0v) is 10.2. The predicted octanol–water partition coefficient (Wildman–Crippen LogP) is 2.35. The normalized spacial score (nSPS) is 10.5. The highest BCUT2D eigenvalue weighted by molar-refractivity contribution is 5.95. The van der Waals surface area contributed by atoms with E-state index >= 15 is 0 Å². The first-order chi connectivity index (χ1) is 7.49. The third-order valence-electron chi connectivity index (χ3n) is 2.37. The molecule has 0 fully saturated rings. The number of nitrogens with two attached hydrogens (primary N) is 1. The number of hydrogen-bond acceptors (Lipinski definition) is 2. The van der Waals surface area contributed by atoms with E-state index in [2.05, 4.69) is 19.2 Å². The molecule has 0 saturated carbocycles. The Morgan fingerprint density at radius 2 is 2.06 bits per heavy atom. The summed E-state index contributed by atoms with van der Waals surface area (Å²) in [4.78, 5) is 11.8. The number of nitrogen functional groups attached to an aromatic ring is 1. The van der Waals surface area contributed by atoms with Gasteiger partial charge in [-0.15, -0.1) is 0 Å². The zero-order chi connectivity index (χ0) is 12.1. The van der Waals surface area contributed by atoms with Crippen molar-refractivity contribution in [1.29, 1.82) is 0 Å². The fourth-order valence-electron chi connectivity index (χ4n) is 1.52. The molecule has 0 saturated heterocycles. The molecule has 1 amide bonds. The molecule has 0 aromatic heterocycles. The van der Waals surface area contributed by atoms with E-state index in [9.17, 15) is 4.79 Å². The summed E-state index contributed by atoms with van der Waals surface area (Å²) in [6.45, 7) is 6.92. The Kier molecular flexibility index (Phi) is 4.35. The Morgan fingerprint density at radius 3 is 2.62 bits per heavy atom. The molecule has 0 radical (unpaired) electrons. The van der Waals surface area contributed by atoms with Gasteiger partial charge in [0.25, 0.3) is 5.91 Å². The van der Waals surface area contributed by atoms with Crippen molar-refractivity contribution in [3.8, 4) is 0 Å². The molecule has 0 unspecified atom stereocenters. The first-order valence-corrected chi connectivity index (χ1v) is 5.64. The van der Waals surface area contributed by atoms with E-state index in [4.69, 9.17) is 5.73 Å². The second-order valence-corrected chi connectivity index (χ2v) is 4.57. The lowest BCUT2D eigenvalue weighted by atomic mass is 10.1. The van der Waals surface area contributed by atoms with Gasteiger partial charge in [0, 0.05) is 17.8 Å². The summed E-state index contributed by atoms with van der Waals surface area (Å²) in [6.07, 6.45) is 0.993. The molecule has 16 heavy (non-hydrogen) atoms. The molecule has 0 bridgehead atoms. The lowest BCUT2D eigenvalue weighted by Crippen LogP contribution is -2.25. The van der Waals surface area contributed by atoms with Crippen LogP contribution in [0.2, 0.25) is 0 Å². The maximum atomic E-state index is 11.8. The lowest BCUT2D eigenvalue weighted by Gasteiger charge is -2.08. The SMILES string of the molecule is Cc1cc(N)cc(C(=O)NCCC(C)C)c1. The molecule has 0 aliphatic heterocycles. The standard InChI is InChI=1S/C13H20N2O/c1-9(2)4-5-15-13(16)11-6-10(3)7-12(14)8-11/h6-9H,4-5,14H2,1-3H3,(H,15,16). The molecule has 0 heterocycles. The molecule has 3 heteroatoms. The van der Waals surface area contributed by atoms with Crippen LogP contribution >= 0.6 is 0 Å². The van der Waals surface area contributed by atoms with Crippen molar-refractivity contribution in [2.75, 3.05) is 12.3 Å². The van der Waals surface area contributed by atoms with Gasteiger partial charge in [0.05, 0.1) is 0 Å². The molecule has 0 aliphatic carbocycles. The first-order valence-electron chi connectivity index (χ1n) is 5.64. The molecule has 1 aromatic rings. The number of benzene rings is 1. The quantitative estimate of drug-likeness (QED) is 0.765. The van der Waals surface area contributed by atoms with Gasteiger partial charge in [-0.25, -0.2) is 0 Å².